The Morgan fingerprint density at radius 3 is 2.48 bits per heavy atom. The van der Waals surface area contributed by atoms with Gasteiger partial charge in [-0.2, -0.15) is 5.10 Å². The molecule has 148 valence electrons. The Hall–Kier alpha value is -2.34. The van der Waals surface area contributed by atoms with Gasteiger partial charge in [-0.3, -0.25) is 9.48 Å². The average Bonchev–Trinajstić information content (AvgIpc) is 3.01. The first-order chi connectivity index (χ1) is 12.7. The minimum Gasteiger partial charge on any atom is -0.382 e. The van der Waals surface area contributed by atoms with Gasteiger partial charge in [0.05, 0.1) is 11.9 Å². The van der Waals surface area contributed by atoms with Crippen molar-refractivity contribution in [1.29, 1.82) is 0 Å². The van der Waals surface area contributed by atoms with E-state index in [2.05, 4.69) is 60.8 Å². The molecule has 0 spiro atoms. The second-order valence-electron chi connectivity index (χ2n) is 8.20. The molecule has 0 saturated carbocycles. The molecule has 6 heteroatoms. The average molecular weight is 372 g/mol. The molecule has 6 nitrogen and oxygen atoms in total. The van der Waals surface area contributed by atoms with Crippen LogP contribution in [0.5, 0.6) is 0 Å². The first-order valence-corrected chi connectivity index (χ1v) is 9.51. The van der Waals surface area contributed by atoms with Crippen molar-refractivity contribution in [3.8, 4) is 0 Å². The van der Waals surface area contributed by atoms with Gasteiger partial charge in [-0.1, -0.05) is 45.0 Å². The summed E-state index contributed by atoms with van der Waals surface area (Å²) in [5.74, 6) is -0.0227. The number of rotatable bonds is 9. The molecule has 0 saturated heterocycles. The van der Waals surface area contributed by atoms with Gasteiger partial charge >= 0.3 is 0 Å². The van der Waals surface area contributed by atoms with Crippen molar-refractivity contribution in [1.82, 2.24) is 20.0 Å². The first-order valence-electron chi connectivity index (χ1n) is 9.51. The van der Waals surface area contributed by atoms with Crippen molar-refractivity contribution in [3.63, 3.8) is 0 Å². The minimum absolute atomic E-state index is 0.0227. The maximum atomic E-state index is 11.9. The third-order valence-corrected chi connectivity index (χ3v) is 4.38. The molecule has 0 aliphatic heterocycles. The van der Waals surface area contributed by atoms with Crippen LogP contribution in [-0.4, -0.2) is 54.3 Å². The topological polar surface area (TPSA) is 62.2 Å². The van der Waals surface area contributed by atoms with Crippen LogP contribution in [0.15, 0.2) is 36.7 Å². The van der Waals surface area contributed by atoms with Crippen molar-refractivity contribution >= 4 is 11.6 Å². The number of hydrogen-bond donors (Lipinski definition) is 2. The van der Waals surface area contributed by atoms with Gasteiger partial charge < -0.3 is 15.5 Å². The second-order valence-corrected chi connectivity index (χ2v) is 8.20. The molecular weight excluding hydrogens is 338 g/mol. The second kappa shape index (κ2) is 9.55. The molecule has 0 fully saturated rings. The molecule has 2 aromatic rings. The zero-order valence-electron chi connectivity index (χ0n) is 17.2. The van der Waals surface area contributed by atoms with Gasteiger partial charge in [-0.15, -0.1) is 0 Å². The summed E-state index contributed by atoms with van der Waals surface area (Å²) >= 11 is 0. The van der Waals surface area contributed by atoms with E-state index in [1.165, 1.54) is 11.1 Å². The van der Waals surface area contributed by atoms with Gasteiger partial charge in [-0.25, -0.2) is 0 Å². The third kappa shape index (κ3) is 7.43. The number of hydrogen-bond acceptors (Lipinski definition) is 4. The minimum atomic E-state index is -0.0227. The fourth-order valence-electron chi connectivity index (χ4n) is 2.69. The zero-order valence-corrected chi connectivity index (χ0v) is 17.2. The van der Waals surface area contributed by atoms with E-state index in [0.717, 1.165) is 25.2 Å². The number of aromatic nitrogens is 2. The normalized spacial score (nSPS) is 11.6. The maximum absolute atomic E-state index is 11.9. The Kier molecular flexibility index (Phi) is 7.42. The molecule has 1 aromatic carbocycles. The predicted molar refractivity (Wildman–Crippen MR) is 111 cm³/mol. The highest BCUT2D eigenvalue weighted by atomic mass is 16.2. The maximum Gasteiger partial charge on any atom is 0.241 e. The van der Waals surface area contributed by atoms with Crippen LogP contribution in [0.25, 0.3) is 0 Å². The molecule has 2 N–H and O–H groups in total. The Morgan fingerprint density at radius 2 is 1.85 bits per heavy atom. The van der Waals surface area contributed by atoms with Crippen LogP contribution in [0, 0.1) is 0 Å². The zero-order chi connectivity index (χ0) is 19.9. The smallest absolute Gasteiger partial charge is 0.241 e. The van der Waals surface area contributed by atoms with E-state index in [0.29, 0.717) is 6.54 Å². The van der Waals surface area contributed by atoms with Crippen LogP contribution < -0.4 is 10.6 Å². The summed E-state index contributed by atoms with van der Waals surface area (Å²) in [5, 5.41) is 10.5. The lowest BCUT2D eigenvalue weighted by atomic mass is 9.86. The van der Waals surface area contributed by atoms with Crippen molar-refractivity contribution in [2.24, 2.45) is 0 Å². The highest BCUT2D eigenvalue weighted by Gasteiger charge is 2.12. The Labute approximate surface area is 162 Å². The standard InChI is InChI=1S/C21H33N5O/c1-21(2,3)18-8-6-17(7-9-18)10-11-22-19-14-24-26(15-19)16-20(27)23-12-13-25(4)5/h6-9,14-15,22H,10-13,16H2,1-5H3,(H,23,27). The summed E-state index contributed by atoms with van der Waals surface area (Å²) in [7, 11) is 3.97. The van der Waals surface area contributed by atoms with Crippen molar-refractivity contribution in [2.45, 2.75) is 39.2 Å². The molecule has 1 amide bonds. The number of carbonyl (C=O) groups excluding carboxylic acids is 1. The molecule has 27 heavy (non-hydrogen) atoms. The summed E-state index contributed by atoms with van der Waals surface area (Å²) in [6.45, 7) is 9.22. The van der Waals surface area contributed by atoms with Crippen LogP contribution in [-0.2, 0) is 23.2 Å². The fraction of sp³-hybridized carbons (Fsp3) is 0.524. The van der Waals surface area contributed by atoms with E-state index in [1.54, 1.807) is 10.9 Å². The third-order valence-electron chi connectivity index (χ3n) is 4.38. The lowest BCUT2D eigenvalue weighted by molar-refractivity contribution is -0.121. The van der Waals surface area contributed by atoms with E-state index < -0.39 is 0 Å². The Morgan fingerprint density at radius 1 is 1.15 bits per heavy atom. The SMILES string of the molecule is CN(C)CCNC(=O)Cn1cc(NCCc2ccc(C(C)(C)C)cc2)cn1. The number of benzene rings is 1. The summed E-state index contributed by atoms with van der Waals surface area (Å²) in [4.78, 5) is 13.9. The van der Waals surface area contributed by atoms with Crippen molar-refractivity contribution in [2.75, 3.05) is 39.0 Å². The molecule has 1 heterocycles. The summed E-state index contributed by atoms with van der Waals surface area (Å²) in [6.07, 6.45) is 4.57. The van der Waals surface area contributed by atoms with E-state index in [4.69, 9.17) is 0 Å². The van der Waals surface area contributed by atoms with E-state index in [9.17, 15) is 4.79 Å². The van der Waals surface area contributed by atoms with Crippen LogP contribution in [0.1, 0.15) is 31.9 Å². The summed E-state index contributed by atoms with van der Waals surface area (Å²) in [6, 6.07) is 8.82. The molecule has 0 aliphatic rings. The van der Waals surface area contributed by atoms with Gasteiger partial charge in [0.25, 0.3) is 0 Å². The number of nitrogens with one attached hydrogen (secondary N) is 2. The van der Waals surface area contributed by atoms with E-state index >= 15 is 0 Å². The van der Waals surface area contributed by atoms with E-state index in [-0.39, 0.29) is 17.9 Å². The number of carbonyl (C=O) groups is 1. The van der Waals surface area contributed by atoms with E-state index in [1.807, 2.05) is 25.2 Å². The molecule has 0 aliphatic carbocycles. The van der Waals surface area contributed by atoms with Gasteiger partial charge in [0.1, 0.15) is 6.54 Å². The Bertz CT molecular complexity index is 713. The molecule has 0 unspecified atom stereocenters. The quantitative estimate of drug-likeness (QED) is 0.711. The summed E-state index contributed by atoms with van der Waals surface area (Å²) < 4.78 is 1.66. The van der Waals surface area contributed by atoms with Gasteiger partial charge in [-0.05, 0) is 37.1 Å². The van der Waals surface area contributed by atoms with Crippen molar-refractivity contribution < 1.29 is 4.79 Å². The number of nitrogens with zero attached hydrogens (tertiary/aromatic N) is 3. The van der Waals surface area contributed by atoms with Crippen LogP contribution in [0.2, 0.25) is 0 Å². The Balaban J connectivity index is 1.73. The van der Waals surface area contributed by atoms with Crippen LogP contribution in [0.4, 0.5) is 5.69 Å². The molecular formula is C21H33N5O. The number of anilines is 1. The summed E-state index contributed by atoms with van der Waals surface area (Å²) in [5.41, 5.74) is 3.78. The highest BCUT2D eigenvalue weighted by molar-refractivity contribution is 5.75. The first kappa shape index (κ1) is 21.0. The van der Waals surface area contributed by atoms with Crippen LogP contribution >= 0.6 is 0 Å². The molecule has 2 rings (SSSR count). The van der Waals surface area contributed by atoms with Gasteiger partial charge in [0.15, 0.2) is 0 Å². The highest BCUT2D eigenvalue weighted by Crippen LogP contribution is 2.22. The number of likely N-dealkylation sites (N-methyl/N-ethyl adjacent to an activating group) is 1. The molecule has 0 atom stereocenters. The monoisotopic (exact) mass is 371 g/mol. The van der Waals surface area contributed by atoms with Crippen LogP contribution in [0.3, 0.4) is 0 Å². The van der Waals surface area contributed by atoms with Gasteiger partial charge in [0.2, 0.25) is 5.91 Å². The van der Waals surface area contributed by atoms with Crippen molar-refractivity contribution in [3.05, 3.63) is 47.8 Å². The molecule has 0 radical (unpaired) electrons. The molecule has 0 bridgehead atoms. The number of amides is 1. The molecule has 1 aromatic heterocycles. The fourth-order valence-corrected chi connectivity index (χ4v) is 2.69. The largest absolute Gasteiger partial charge is 0.382 e. The predicted octanol–water partition coefficient (Wildman–Crippen LogP) is 2.51. The lowest BCUT2D eigenvalue weighted by Crippen LogP contribution is -2.33. The van der Waals surface area contributed by atoms with Gasteiger partial charge in [0, 0.05) is 25.8 Å². The lowest BCUT2D eigenvalue weighted by Gasteiger charge is -2.19.